The number of rotatable bonds is 2. The van der Waals surface area contributed by atoms with Gasteiger partial charge in [0.1, 0.15) is 5.15 Å². The van der Waals surface area contributed by atoms with Crippen LogP contribution < -0.4 is 0 Å². The van der Waals surface area contributed by atoms with Crippen molar-refractivity contribution in [1.29, 1.82) is 0 Å². The van der Waals surface area contributed by atoms with Crippen LogP contribution in [0.4, 0.5) is 0 Å². The quantitative estimate of drug-likeness (QED) is 0.775. The largest absolute Gasteiger partial charge is 0.338 e. The molecule has 1 aliphatic rings. The van der Waals surface area contributed by atoms with E-state index in [1.54, 1.807) is 0 Å². The van der Waals surface area contributed by atoms with Crippen LogP contribution in [-0.2, 0) is 0 Å². The van der Waals surface area contributed by atoms with Crippen LogP contribution in [-0.4, -0.2) is 28.9 Å². The molecule has 2 rings (SSSR count). The zero-order chi connectivity index (χ0) is 12.4. The lowest BCUT2D eigenvalue weighted by Crippen LogP contribution is -2.28. The number of nitrogens with zero attached hydrogens (tertiary/aromatic N) is 2. The molecule has 1 amide bonds. The van der Waals surface area contributed by atoms with Crippen molar-refractivity contribution in [2.24, 2.45) is 5.92 Å². The number of pyridine rings is 1. The van der Waals surface area contributed by atoms with E-state index in [1.165, 1.54) is 12.3 Å². The fourth-order valence-corrected chi connectivity index (χ4v) is 2.44. The summed E-state index contributed by atoms with van der Waals surface area (Å²) in [7, 11) is 0. The second-order valence-corrected chi connectivity index (χ2v) is 5.10. The van der Waals surface area contributed by atoms with Gasteiger partial charge in [-0.1, -0.05) is 36.5 Å². The van der Waals surface area contributed by atoms with E-state index in [0.717, 1.165) is 25.9 Å². The fourth-order valence-electron chi connectivity index (χ4n) is 2.10. The highest BCUT2D eigenvalue weighted by atomic mass is 35.5. The van der Waals surface area contributed by atoms with E-state index < -0.39 is 0 Å². The predicted octanol–water partition coefficient (Wildman–Crippen LogP) is 3.26. The molecule has 2 heterocycles. The summed E-state index contributed by atoms with van der Waals surface area (Å²) in [5.74, 6) is 0.560. The monoisotopic (exact) mass is 272 g/mol. The maximum absolute atomic E-state index is 12.2. The van der Waals surface area contributed by atoms with E-state index in [4.69, 9.17) is 23.2 Å². The highest BCUT2D eigenvalue weighted by Crippen LogP contribution is 2.24. The van der Waals surface area contributed by atoms with Crippen LogP contribution in [0.2, 0.25) is 10.2 Å². The van der Waals surface area contributed by atoms with Crippen molar-refractivity contribution >= 4 is 29.1 Å². The number of hydrogen-bond acceptors (Lipinski definition) is 2. The Hall–Kier alpha value is -0.800. The van der Waals surface area contributed by atoms with Crippen molar-refractivity contribution in [1.82, 2.24) is 9.88 Å². The predicted molar refractivity (Wildman–Crippen MR) is 68.6 cm³/mol. The molecule has 1 aliphatic heterocycles. The average molecular weight is 273 g/mol. The van der Waals surface area contributed by atoms with Crippen LogP contribution >= 0.6 is 23.2 Å². The first kappa shape index (κ1) is 12.7. The lowest BCUT2D eigenvalue weighted by molar-refractivity contribution is 0.0787. The van der Waals surface area contributed by atoms with Crippen molar-refractivity contribution in [2.45, 2.75) is 19.8 Å². The van der Waals surface area contributed by atoms with Gasteiger partial charge in [-0.3, -0.25) is 4.79 Å². The molecule has 1 unspecified atom stereocenters. The summed E-state index contributed by atoms with van der Waals surface area (Å²) >= 11 is 11.8. The molecule has 0 N–H and O–H groups in total. The number of amides is 1. The molecule has 17 heavy (non-hydrogen) atoms. The highest BCUT2D eigenvalue weighted by Gasteiger charge is 2.27. The second-order valence-electron chi connectivity index (χ2n) is 4.30. The van der Waals surface area contributed by atoms with Crippen molar-refractivity contribution in [3.05, 3.63) is 28.0 Å². The summed E-state index contributed by atoms with van der Waals surface area (Å²) in [4.78, 5) is 17.9. The number of halogens is 2. The lowest BCUT2D eigenvalue weighted by Gasteiger charge is -2.17. The van der Waals surface area contributed by atoms with E-state index in [9.17, 15) is 4.79 Å². The molecule has 1 fully saturated rings. The van der Waals surface area contributed by atoms with Crippen molar-refractivity contribution in [2.75, 3.05) is 13.1 Å². The Morgan fingerprint density at radius 3 is 3.00 bits per heavy atom. The summed E-state index contributed by atoms with van der Waals surface area (Å²) in [5.41, 5.74) is 0.448. The van der Waals surface area contributed by atoms with Gasteiger partial charge in [-0.05, 0) is 18.4 Å². The van der Waals surface area contributed by atoms with Gasteiger partial charge in [-0.2, -0.15) is 0 Å². The maximum atomic E-state index is 12.2. The van der Waals surface area contributed by atoms with Gasteiger partial charge in [-0.25, -0.2) is 4.98 Å². The van der Waals surface area contributed by atoms with E-state index in [-0.39, 0.29) is 5.91 Å². The first-order chi connectivity index (χ1) is 8.11. The Morgan fingerprint density at radius 1 is 1.59 bits per heavy atom. The topological polar surface area (TPSA) is 33.2 Å². The minimum absolute atomic E-state index is 0.0461. The molecule has 1 aromatic rings. The van der Waals surface area contributed by atoms with Gasteiger partial charge in [0.15, 0.2) is 0 Å². The molecule has 1 atom stereocenters. The number of carbonyl (C=O) groups is 1. The Kier molecular flexibility index (Phi) is 3.89. The van der Waals surface area contributed by atoms with E-state index in [1.807, 2.05) is 4.90 Å². The van der Waals surface area contributed by atoms with Gasteiger partial charge in [0.25, 0.3) is 5.91 Å². The highest BCUT2D eigenvalue weighted by molar-refractivity contribution is 6.35. The van der Waals surface area contributed by atoms with Gasteiger partial charge in [0.05, 0.1) is 10.6 Å². The van der Waals surface area contributed by atoms with Gasteiger partial charge < -0.3 is 4.90 Å². The summed E-state index contributed by atoms with van der Waals surface area (Å²) in [6.45, 7) is 3.76. The summed E-state index contributed by atoms with van der Waals surface area (Å²) in [6.07, 6.45) is 3.60. The standard InChI is InChI=1S/C12H14Cl2N2O/c1-2-8-3-4-16(7-8)12(17)9-5-11(14)15-6-10(9)13/h5-6,8H,2-4,7H2,1H3. The zero-order valence-corrected chi connectivity index (χ0v) is 11.1. The van der Waals surface area contributed by atoms with Gasteiger partial charge >= 0.3 is 0 Å². The minimum Gasteiger partial charge on any atom is -0.338 e. The van der Waals surface area contributed by atoms with Crippen LogP contribution in [0.15, 0.2) is 12.3 Å². The van der Waals surface area contributed by atoms with Crippen LogP contribution in [0.1, 0.15) is 30.1 Å². The Bertz CT molecular complexity index is 437. The number of likely N-dealkylation sites (tertiary alicyclic amines) is 1. The summed E-state index contributed by atoms with van der Waals surface area (Å²) < 4.78 is 0. The average Bonchev–Trinajstić information content (AvgIpc) is 2.80. The molecular weight excluding hydrogens is 259 g/mol. The molecule has 92 valence electrons. The number of aromatic nitrogens is 1. The van der Waals surface area contributed by atoms with E-state index in [0.29, 0.717) is 21.7 Å². The molecule has 0 aliphatic carbocycles. The molecule has 0 spiro atoms. The smallest absolute Gasteiger partial charge is 0.255 e. The fraction of sp³-hybridized carbons (Fsp3) is 0.500. The van der Waals surface area contributed by atoms with Crippen LogP contribution in [0, 0.1) is 5.92 Å². The van der Waals surface area contributed by atoms with E-state index >= 15 is 0 Å². The second kappa shape index (κ2) is 5.23. The Balaban J connectivity index is 2.17. The Labute approximate surface area is 111 Å². The molecular formula is C12H14Cl2N2O. The van der Waals surface area contributed by atoms with Crippen LogP contribution in [0.25, 0.3) is 0 Å². The third kappa shape index (κ3) is 2.72. The van der Waals surface area contributed by atoms with Gasteiger partial charge in [-0.15, -0.1) is 0 Å². The van der Waals surface area contributed by atoms with Crippen LogP contribution in [0.5, 0.6) is 0 Å². The van der Waals surface area contributed by atoms with E-state index in [2.05, 4.69) is 11.9 Å². The lowest BCUT2D eigenvalue weighted by atomic mass is 10.1. The van der Waals surface area contributed by atoms with Gasteiger partial charge in [0.2, 0.25) is 0 Å². The molecule has 0 radical (unpaired) electrons. The summed E-state index contributed by atoms with van der Waals surface area (Å²) in [6, 6.07) is 1.53. The normalized spacial score (nSPS) is 19.7. The van der Waals surface area contributed by atoms with Crippen molar-refractivity contribution < 1.29 is 4.79 Å². The number of hydrogen-bond donors (Lipinski definition) is 0. The molecule has 3 nitrogen and oxygen atoms in total. The third-order valence-corrected chi connectivity index (χ3v) is 3.71. The maximum Gasteiger partial charge on any atom is 0.255 e. The molecule has 0 saturated carbocycles. The molecule has 1 aromatic heterocycles. The molecule has 5 heteroatoms. The van der Waals surface area contributed by atoms with Crippen LogP contribution in [0.3, 0.4) is 0 Å². The van der Waals surface area contributed by atoms with Crippen molar-refractivity contribution in [3.8, 4) is 0 Å². The number of carbonyl (C=O) groups excluding carboxylic acids is 1. The zero-order valence-electron chi connectivity index (χ0n) is 9.62. The van der Waals surface area contributed by atoms with Crippen molar-refractivity contribution in [3.63, 3.8) is 0 Å². The Morgan fingerprint density at radius 2 is 2.35 bits per heavy atom. The molecule has 0 aromatic carbocycles. The first-order valence-corrected chi connectivity index (χ1v) is 6.47. The third-order valence-electron chi connectivity index (χ3n) is 3.20. The molecule has 1 saturated heterocycles. The minimum atomic E-state index is -0.0461. The first-order valence-electron chi connectivity index (χ1n) is 5.72. The SMILES string of the molecule is CCC1CCN(C(=O)c2cc(Cl)ncc2Cl)C1. The van der Waals surface area contributed by atoms with Gasteiger partial charge in [0, 0.05) is 19.3 Å². The summed E-state index contributed by atoms with van der Waals surface area (Å²) in [5, 5.41) is 0.656. The molecule has 0 bridgehead atoms.